The van der Waals surface area contributed by atoms with E-state index in [0.717, 1.165) is 0 Å². The monoisotopic (exact) mass is 294 g/mol. The van der Waals surface area contributed by atoms with Crippen LogP contribution in [0, 0.1) is 10.1 Å². The van der Waals surface area contributed by atoms with Crippen molar-refractivity contribution in [2.45, 2.75) is 38.5 Å². The highest BCUT2D eigenvalue weighted by Crippen LogP contribution is 2.19. The van der Waals surface area contributed by atoms with E-state index >= 15 is 0 Å². The summed E-state index contributed by atoms with van der Waals surface area (Å²) in [7, 11) is 0. The van der Waals surface area contributed by atoms with Crippen LogP contribution in [0.5, 0.6) is 0 Å². The third-order valence-corrected chi connectivity index (χ3v) is 3.59. The summed E-state index contributed by atoms with van der Waals surface area (Å²) in [6.07, 6.45) is 0.315. The van der Waals surface area contributed by atoms with Gasteiger partial charge in [-0.05, 0) is 37.5 Å². The maximum absolute atomic E-state index is 12.0. The molecule has 1 aromatic rings. The Bertz CT molecular complexity index is 517. The number of carbonyl (C=O) groups excluding carboxylic acids is 1. The van der Waals surface area contributed by atoms with Gasteiger partial charge in [-0.15, -0.1) is 0 Å². The molecule has 1 amide bonds. The minimum Gasteiger partial charge on any atom is -0.445 e. The zero-order chi connectivity index (χ0) is 15.4. The first-order valence-corrected chi connectivity index (χ1v) is 6.82. The molecule has 1 saturated heterocycles. The van der Waals surface area contributed by atoms with Gasteiger partial charge in [0, 0.05) is 24.7 Å². The molecule has 2 rings (SSSR count). The van der Waals surface area contributed by atoms with E-state index in [0.29, 0.717) is 24.9 Å². The van der Waals surface area contributed by atoms with E-state index in [1.165, 1.54) is 12.1 Å². The lowest BCUT2D eigenvalue weighted by Crippen LogP contribution is -2.46. The molecule has 1 N–H and O–H groups in total. The molecule has 21 heavy (non-hydrogen) atoms. The molecule has 0 radical (unpaired) electrons. The standard InChI is InChI=1S/C14H18N2O5/c1-10-8-13(17)6-7-15(10)14(18)21-9-11-2-4-12(5-3-11)16(19)20/h2-5,10,13,17H,6-9H2,1H3. The van der Waals surface area contributed by atoms with E-state index in [4.69, 9.17) is 4.74 Å². The smallest absolute Gasteiger partial charge is 0.410 e. The third-order valence-electron chi connectivity index (χ3n) is 3.59. The first kappa shape index (κ1) is 15.2. The molecule has 2 unspecified atom stereocenters. The summed E-state index contributed by atoms with van der Waals surface area (Å²) in [5.74, 6) is 0. The largest absolute Gasteiger partial charge is 0.445 e. The molecule has 0 spiro atoms. The first-order valence-electron chi connectivity index (χ1n) is 6.82. The molecule has 1 aliphatic heterocycles. The van der Waals surface area contributed by atoms with Crippen molar-refractivity contribution in [1.29, 1.82) is 0 Å². The van der Waals surface area contributed by atoms with Gasteiger partial charge in [0.2, 0.25) is 0 Å². The van der Waals surface area contributed by atoms with Crippen LogP contribution in [0.3, 0.4) is 0 Å². The van der Waals surface area contributed by atoms with E-state index < -0.39 is 11.0 Å². The lowest BCUT2D eigenvalue weighted by molar-refractivity contribution is -0.384. The molecule has 2 atom stereocenters. The van der Waals surface area contributed by atoms with Gasteiger partial charge < -0.3 is 14.7 Å². The number of amides is 1. The Balaban J connectivity index is 1.87. The van der Waals surface area contributed by atoms with Crippen LogP contribution in [0.2, 0.25) is 0 Å². The summed E-state index contributed by atoms with van der Waals surface area (Å²) in [5.41, 5.74) is 0.697. The number of benzene rings is 1. The van der Waals surface area contributed by atoms with E-state index in [1.807, 2.05) is 6.92 Å². The summed E-state index contributed by atoms with van der Waals surface area (Å²) < 4.78 is 5.21. The number of carbonyl (C=O) groups is 1. The summed E-state index contributed by atoms with van der Waals surface area (Å²) >= 11 is 0. The number of hydrogen-bond donors (Lipinski definition) is 1. The summed E-state index contributed by atoms with van der Waals surface area (Å²) in [5, 5.41) is 20.1. The molecule has 7 heteroatoms. The molecule has 0 aromatic heterocycles. The van der Waals surface area contributed by atoms with Gasteiger partial charge in [0.15, 0.2) is 0 Å². The number of rotatable bonds is 3. The molecule has 1 aromatic carbocycles. The van der Waals surface area contributed by atoms with Crippen molar-refractivity contribution < 1.29 is 19.6 Å². The number of ether oxygens (including phenoxy) is 1. The van der Waals surface area contributed by atoms with Gasteiger partial charge in [-0.2, -0.15) is 0 Å². The number of aliphatic hydroxyl groups is 1. The van der Waals surface area contributed by atoms with Gasteiger partial charge in [-0.25, -0.2) is 4.79 Å². The van der Waals surface area contributed by atoms with Crippen molar-refractivity contribution in [1.82, 2.24) is 4.90 Å². The molecule has 1 aliphatic rings. The Morgan fingerprint density at radius 3 is 2.71 bits per heavy atom. The molecular formula is C14H18N2O5. The molecule has 114 valence electrons. The van der Waals surface area contributed by atoms with Crippen molar-refractivity contribution >= 4 is 11.8 Å². The molecule has 1 heterocycles. The number of likely N-dealkylation sites (tertiary alicyclic amines) is 1. The highest BCUT2D eigenvalue weighted by atomic mass is 16.6. The van der Waals surface area contributed by atoms with Crippen LogP contribution in [0.15, 0.2) is 24.3 Å². The van der Waals surface area contributed by atoms with E-state index in [1.54, 1.807) is 17.0 Å². The van der Waals surface area contributed by atoms with Crippen molar-refractivity contribution in [3.05, 3.63) is 39.9 Å². The van der Waals surface area contributed by atoms with Gasteiger partial charge in [-0.3, -0.25) is 10.1 Å². The predicted molar refractivity (Wildman–Crippen MR) is 74.7 cm³/mol. The van der Waals surface area contributed by atoms with Crippen LogP contribution in [0.1, 0.15) is 25.3 Å². The van der Waals surface area contributed by atoms with Crippen LogP contribution in [0.25, 0.3) is 0 Å². The fourth-order valence-corrected chi connectivity index (χ4v) is 2.36. The first-order chi connectivity index (χ1) is 9.97. The Labute approximate surface area is 122 Å². The second-order valence-electron chi connectivity index (χ2n) is 5.20. The van der Waals surface area contributed by atoms with E-state index in [9.17, 15) is 20.0 Å². The molecule has 1 fully saturated rings. The van der Waals surface area contributed by atoms with Gasteiger partial charge in [0.1, 0.15) is 6.61 Å². The van der Waals surface area contributed by atoms with Crippen molar-refractivity contribution in [3.63, 3.8) is 0 Å². The van der Waals surface area contributed by atoms with Crippen LogP contribution in [-0.4, -0.2) is 39.7 Å². The zero-order valence-electron chi connectivity index (χ0n) is 11.8. The minimum atomic E-state index is -0.476. The van der Waals surface area contributed by atoms with E-state index in [2.05, 4.69) is 0 Å². The molecule has 0 aliphatic carbocycles. The predicted octanol–water partition coefficient (Wildman–Crippen LogP) is 2.08. The number of hydrogen-bond acceptors (Lipinski definition) is 5. The second-order valence-corrected chi connectivity index (χ2v) is 5.20. The van der Waals surface area contributed by atoms with Crippen LogP contribution >= 0.6 is 0 Å². The lowest BCUT2D eigenvalue weighted by atomic mass is 10.0. The third kappa shape index (κ3) is 3.91. The van der Waals surface area contributed by atoms with Crippen molar-refractivity contribution in [3.8, 4) is 0 Å². The normalized spacial score (nSPS) is 21.9. The minimum absolute atomic E-state index is 0.00344. The fraction of sp³-hybridized carbons (Fsp3) is 0.500. The number of non-ortho nitro benzene ring substituents is 1. The van der Waals surface area contributed by atoms with Gasteiger partial charge in [0.25, 0.3) is 5.69 Å². The van der Waals surface area contributed by atoms with Crippen molar-refractivity contribution in [2.75, 3.05) is 6.54 Å². The average Bonchev–Trinajstić information content (AvgIpc) is 2.45. The Morgan fingerprint density at radius 1 is 1.48 bits per heavy atom. The molecular weight excluding hydrogens is 276 g/mol. The highest BCUT2D eigenvalue weighted by molar-refractivity contribution is 5.68. The Kier molecular flexibility index (Phi) is 4.74. The number of nitro groups is 1. The second kappa shape index (κ2) is 6.53. The summed E-state index contributed by atoms with van der Waals surface area (Å²) in [6.45, 7) is 2.42. The fourth-order valence-electron chi connectivity index (χ4n) is 2.36. The number of aliphatic hydroxyl groups excluding tert-OH is 1. The molecule has 0 saturated carbocycles. The van der Waals surface area contributed by atoms with Crippen LogP contribution < -0.4 is 0 Å². The van der Waals surface area contributed by atoms with Gasteiger partial charge >= 0.3 is 6.09 Å². The quantitative estimate of drug-likeness (QED) is 0.680. The maximum Gasteiger partial charge on any atom is 0.410 e. The van der Waals surface area contributed by atoms with Gasteiger partial charge in [-0.1, -0.05) is 0 Å². The van der Waals surface area contributed by atoms with E-state index in [-0.39, 0.29) is 24.4 Å². The molecule has 7 nitrogen and oxygen atoms in total. The summed E-state index contributed by atoms with van der Waals surface area (Å²) in [4.78, 5) is 23.6. The van der Waals surface area contributed by atoms with Crippen molar-refractivity contribution in [2.24, 2.45) is 0 Å². The highest BCUT2D eigenvalue weighted by Gasteiger charge is 2.28. The van der Waals surface area contributed by atoms with Gasteiger partial charge in [0.05, 0.1) is 11.0 Å². The topological polar surface area (TPSA) is 92.9 Å². The van der Waals surface area contributed by atoms with Crippen LogP contribution in [-0.2, 0) is 11.3 Å². The number of nitro benzene ring substituents is 1. The summed E-state index contributed by atoms with van der Waals surface area (Å²) in [6, 6.07) is 5.83. The SMILES string of the molecule is CC1CC(O)CCN1C(=O)OCc1ccc([N+](=O)[O-])cc1. The van der Waals surface area contributed by atoms with Crippen LogP contribution in [0.4, 0.5) is 10.5 Å². The number of nitrogens with zero attached hydrogens (tertiary/aromatic N) is 2. The maximum atomic E-state index is 12.0. The molecule has 0 bridgehead atoms. The lowest BCUT2D eigenvalue weighted by Gasteiger charge is -2.34. The average molecular weight is 294 g/mol. The number of piperidine rings is 1. The Hall–Kier alpha value is -2.15. The zero-order valence-corrected chi connectivity index (χ0v) is 11.8. The Morgan fingerprint density at radius 2 is 2.14 bits per heavy atom.